The number of rotatable bonds is 2. The van der Waals surface area contributed by atoms with Crippen molar-refractivity contribution < 1.29 is 14.3 Å². The number of fused-ring (bicyclic) bond motifs is 1. The van der Waals surface area contributed by atoms with Gasteiger partial charge in [0.1, 0.15) is 11.4 Å². The minimum absolute atomic E-state index is 0.223. The van der Waals surface area contributed by atoms with Gasteiger partial charge in [0.05, 0.1) is 5.52 Å². The molecule has 0 aliphatic carbocycles. The van der Waals surface area contributed by atoms with E-state index >= 15 is 0 Å². The number of nitrogens with zero attached hydrogens (tertiary/aromatic N) is 1. The highest BCUT2D eigenvalue weighted by atomic mass is 19.1. The van der Waals surface area contributed by atoms with E-state index in [0.29, 0.717) is 17.8 Å². The predicted octanol–water partition coefficient (Wildman–Crippen LogP) is 2.17. The summed E-state index contributed by atoms with van der Waals surface area (Å²) in [6, 6.07) is 3.73. The topological polar surface area (TPSA) is 59.3 Å². The fourth-order valence-corrected chi connectivity index (χ4v) is 2.19. The molecular weight excluding hydrogens is 237 g/mol. The molecule has 1 N–H and O–H groups in total. The fourth-order valence-electron chi connectivity index (χ4n) is 2.19. The summed E-state index contributed by atoms with van der Waals surface area (Å²) in [7, 11) is 0. The summed E-state index contributed by atoms with van der Waals surface area (Å²) in [6.45, 7) is 3.83. The monoisotopic (exact) mass is 249 g/mol. The molecule has 18 heavy (non-hydrogen) atoms. The lowest BCUT2D eigenvalue weighted by atomic mass is 10.1. The van der Waals surface area contributed by atoms with E-state index in [-0.39, 0.29) is 10.9 Å². The highest BCUT2D eigenvalue weighted by Crippen LogP contribution is 2.17. The second-order valence-electron chi connectivity index (χ2n) is 4.00. The van der Waals surface area contributed by atoms with E-state index in [0.717, 1.165) is 6.07 Å². The third kappa shape index (κ3) is 1.68. The number of hydrogen-bond donors (Lipinski definition) is 1. The van der Waals surface area contributed by atoms with Gasteiger partial charge in [-0.2, -0.15) is 0 Å². The first-order valence-electron chi connectivity index (χ1n) is 5.53. The molecule has 0 bridgehead atoms. The standard InChI is InChI=1S/C13H12FNO3/c1-3-15-7(2)11(13(17)18)12(16)9-5-4-8(14)6-10(9)15/h4-6H,3H2,1-2H3,(H,17,18). The molecule has 0 atom stereocenters. The molecule has 0 radical (unpaired) electrons. The Kier molecular flexibility index (Phi) is 2.90. The second kappa shape index (κ2) is 4.25. The van der Waals surface area contributed by atoms with Crippen molar-refractivity contribution in [2.24, 2.45) is 0 Å². The number of halogens is 1. The summed E-state index contributed by atoms with van der Waals surface area (Å²) in [6.07, 6.45) is 0. The van der Waals surface area contributed by atoms with E-state index in [1.165, 1.54) is 12.1 Å². The van der Waals surface area contributed by atoms with Crippen LogP contribution in [0.2, 0.25) is 0 Å². The van der Waals surface area contributed by atoms with E-state index < -0.39 is 17.2 Å². The molecule has 0 fully saturated rings. The first-order chi connectivity index (χ1) is 8.47. The van der Waals surface area contributed by atoms with Crippen LogP contribution < -0.4 is 5.43 Å². The molecule has 4 nitrogen and oxygen atoms in total. The number of aryl methyl sites for hydroxylation is 1. The summed E-state index contributed by atoms with van der Waals surface area (Å²) in [5.41, 5.74) is -0.0613. The van der Waals surface area contributed by atoms with Gasteiger partial charge in [0.2, 0.25) is 5.43 Å². The van der Waals surface area contributed by atoms with Crippen LogP contribution in [0.4, 0.5) is 4.39 Å². The SMILES string of the molecule is CCn1c(C)c(C(=O)O)c(=O)c2ccc(F)cc21. The van der Waals surface area contributed by atoms with Crippen molar-refractivity contribution in [2.75, 3.05) is 0 Å². The first kappa shape index (κ1) is 12.3. The lowest BCUT2D eigenvalue weighted by Gasteiger charge is -2.14. The van der Waals surface area contributed by atoms with Gasteiger partial charge in [0.25, 0.3) is 0 Å². The van der Waals surface area contributed by atoms with Crippen molar-refractivity contribution >= 4 is 16.9 Å². The molecule has 2 rings (SSSR count). The van der Waals surface area contributed by atoms with Crippen molar-refractivity contribution in [3.8, 4) is 0 Å². The van der Waals surface area contributed by atoms with Crippen LogP contribution in [-0.4, -0.2) is 15.6 Å². The van der Waals surface area contributed by atoms with Gasteiger partial charge in [0.15, 0.2) is 0 Å². The Morgan fingerprint density at radius 2 is 2.11 bits per heavy atom. The summed E-state index contributed by atoms with van der Waals surface area (Å²) in [5.74, 6) is -1.71. The van der Waals surface area contributed by atoms with Gasteiger partial charge in [-0.05, 0) is 32.0 Å². The molecule has 0 unspecified atom stereocenters. The third-order valence-electron chi connectivity index (χ3n) is 3.02. The largest absolute Gasteiger partial charge is 0.477 e. The number of pyridine rings is 1. The summed E-state index contributed by atoms with van der Waals surface area (Å²) in [5, 5.41) is 9.32. The van der Waals surface area contributed by atoms with E-state index in [9.17, 15) is 14.0 Å². The van der Waals surface area contributed by atoms with Crippen LogP contribution >= 0.6 is 0 Å². The summed E-state index contributed by atoms with van der Waals surface area (Å²) in [4.78, 5) is 23.2. The number of carbonyl (C=O) groups is 1. The molecule has 0 saturated carbocycles. The maximum absolute atomic E-state index is 13.2. The van der Waals surface area contributed by atoms with Crippen LogP contribution in [0.3, 0.4) is 0 Å². The smallest absolute Gasteiger partial charge is 0.341 e. The minimum atomic E-state index is -1.26. The molecular formula is C13H12FNO3. The molecule has 1 heterocycles. The molecule has 0 saturated heterocycles. The number of aromatic nitrogens is 1. The number of carboxylic acid groups (broad SMARTS) is 1. The zero-order chi connectivity index (χ0) is 13.4. The normalized spacial score (nSPS) is 10.8. The van der Waals surface area contributed by atoms with Crippen molar-refractivity contribution in [2.45, 2.75) is 20.4 Å². The van der Waals surface area contributed by atoms with Crippen LogP contribution in [0.15, 0.2) is 23.0 Å². The van der Waals surface area contributed by atoms with Crippen LogP contribution in [0.5, 0.6) is 0 Å². The molecule has 0 spiro atoms. The third-order valence-corrected chi connectivity index (χ3v) is 3.02. The minimum Gasteiger partial charge on any atom is -0.477 e. The molecule has 5 heteroatoms. The number of benzene rings is 1. The number of carboxylic acids is 1. The Balaban J connectivity index is 3.05. The van der Waals surface area contributed by atoms with Gasteiger partial charge < -0.3 is 9.67 Å². The molecule has 2 aromatic rings. The maximum Gasteiger partial charge on any atom is 0.341 e. The maximum atomic E-state index is 13.2. The van der Waals surface area contributed by atoms with Gasteiger partial charge in [-0.1, -0.05) is 0 Å². The lowest BCUT2D eigenvalue weighted by Crippen LogP contribution is -2.22. The fraction of sp³-hybridized carbons (Fsp3) is 0.231. The number of hydrogen-bond acceptors (Lipinski definition) is 2. The molecule has 1 aromatic carbocycles. The Labute approximate surface area is 102 Å². The zero-order valence-corrected chi connectivity index (χ0v) is 10.0. The quantitative estimate of drug-likeness (QED) is 0.887. The van der Waals surface area contributed by atoms with E-state index in [2.05, 4.69) is 0 Å². The van der Waals surface area contributed by atoms with E-state index in [1.54, 1.807) is 11.5 Å². The Morgan fingerprint density at radius 1 is 1.44 bits per heavy atom. The van der Waals surface area contributed by atoms with Gasteiger partial charge in [-0.3, -0.25) is 4.79 Å². The van der Waals surface area contributed by atoms with Gasteiger partial charge >= 0.3 is 5.97 Å². The molecule has 0 aliphatic rings. The first-order valence-corrected chi connectivity index (χ1v) is 5.53. The summed E-state index contributed by atoms with van der Waals surface area (Å²) >= 11 is 0. The molecule has 0 amide bonds. The Morgan fingerprint density at radius 3 is 2.67 bits per heavy atom. The lowest BCUT2D eigenvalue weighted by molar-refractivity contribution is 0.0694. The van der Waals surface area contributed by atoms with E-state index in [1.807, 2.05) is 6.92 Å². The molecule has 94 valence electrons. The van der Waals surface area contributed by atoms with E-state index in [4.69, 9.17) is 5.11 Å². The van der Waals surface area contributed by atoms with Crippen molar-refractivity contribution in [3.63, 3.8) is 0 Å². The summed E-state index contributed by atoms with van der Waals surface area (Å²) < 4.78 is 14.9. The highest BCUT2D eigenvalue weighted by Gasteiger charge is 2.18. The van der Waals surface area contributed by atoms with Crippen LogP contribution in [-0.2, 0) is 6.54 Å². The van der Waals surface area contributed by atoms with Crippen molar-refractivity contribution in [1.82, 2.24) is 4.57 Å². The number of aromatic carboxylic acids is 1. The van der Waals surface area contributed by atoms with Crippen LogP contribution in [0, 0.1) is 12.7 Å². The predicted molar refractivity (Wildman–Crippen MR) is 65.5 cm³/mol. The average Bonchev–Trinajstić information content (AvgIpc) is 2.28. The Bertz CT molecular complexity index is 703. The van der Waals surface area contributed by atoms with Gasteiger partial charge in [-0.25, -0.2) is 9.18 Å². The van der Waals surface area contributed by atoms with Gasteiger partial charge in [0, 0.05) is 17.6 Å². The van der Waals surface area contributed by atoms with Crippen LogP contribution in [0.25, 0.3) is 10.9 Å². The van der Waals surface area contributed by atoms with Crippen molar-refractivity contribution in [1.29, 1.82) is 0 Å². The Hall–Kier alpha value is -2.17. The average molecular weight is 249 g/mol. The molecule has 0 aliphatic heterocycles. The second-order valence-corrected chi connectivity index (χ2v) is 4.00. The zero-order valence-electron chi connectivity index (χ0n) is 10.0. The van der Waals surface area contributed by atoms with Gasteiger partial charge in [-0.15, -0.1) is 0 Å². The van der Waals surface area contributed by atoms with Crippen molar-refractivity contribution in [3.05, 3.63) is 45.5 Å². The molecule has 1 aromatic heterocycles. The van der Waals surface area contributed by atoms with Crippen LogP contribution in [0.1, 0.15) is 23.0 Å². The highest BCUT2D eigenvalue weighted by molar-refractivity contribution is 5.94.